The van der Waals surface area contributed by atoms with Crippen molar-refractivity contribution in [2.75, 3.05) is 5.32 Å². The molecule has 0 bridgehead atoms. The minimum atomic E-state index is 0.565. The van der Waals surface area contributed by atoms with Crippen molar-refractivity contribution in [2.45, 2.75) is 13.5 Å². The first-order valence-electron chi connectivity index (χ1n) is 5.88. The molecule has 3 rings (SSSR count). The summed E-state index contributed by atoms with van der Waals surface area (Å²) in [5.41, 5.74) is 3.23. The number of rotatable bonds is 3. The fourth-order valence-corrected chi connectivity index (χ4v) is 2.08. The predicted molar refractivity (Wildman–Crippen MR) is 77.9 cm³/mol. The lowest BCUT2D eigenvalue weighted by Crippen LogP contribution is -2.04. The minimum absolute atomic E-state index is 0.565. The van der Waals surface area contributed by atoms with Gasteiger partial charge in [-0.1, -0.05) is 12.1 Å². The molecule has 1 aromatic carbocycles. The van der Waals surface area contributed by atoms with Crippen LogP contribution in [0.1, 0.15) is 11.4 Å². The van der Waals surface area contributed by atoms with Crippen molar-refractivity contribution in [3.8, 4) is 0 Å². The fourth-order valence-electron chi connectivity index (χ4n) is 1.88. The number of nitrogens with one attached hydrogen (secondary N) is 2. The van der Waals surface area contributed by atoms with E-state index in [0.717, 1.165) is 21.3 Å². The molecular weight excluding hydrogens is 306 g/mol. The Balaban J connectivity index is 1.78. The third-order valence-electron chi connectivity index (χ3n) is 2.80. The first-order chi connectivity index (χ1) is 9.22. The SMILES string of the molecule is Cc1cccc2[nH]c(CNc3ncc(Br)cn3)nc12. The predicted octanol–water partition coefficient (Wildman–Crippen LogP) is 3.04. The van der Waals surface area contributed by atoms with Gasteiger partial charge in [0.25, 0.3) is 0 Å². The molecular formula is C13H12BrN5. The van der Waals surface area contributed by atoms with E-state index in [9.17, 15) is 0 Å². The number of H-pyrrole nitrogens is 1. The van der Waals surface area contributed by atoms with Gasteiger partial charge in [-0.05, 0) is 34.5 Å². The van der Waals surface area contributed by atoms with Gasteiger partial charge in [-0.15, -0.1) is 0 Å². The molecule has 0 saturated carbocycles. The zero-order chi connectivity index (χ0) is 13.2. The number of hydrogen-bond donors (Lipinski definition) is 2. The number of nitrogens with zero attached hydrogens (tertiary/aromatic N) is 3. The number of aryl methyl sites for hydroxylation is 1. The molecule has 0 aliphatic heterocycles. The van der Waals surface area contributed by atoms with Gasteiger partial charge in [-0.3, -0.25) is 0 Å². The van der Waals surface area contributed by atoms with Crippen LogP contribution in [0.4, 0.5) is 5.95 Å². The van der Waals surface area contributed by atoms with E-state index < -0.39 is 0 Å². The number of anilines is 1. The molecule has 0 unspecified atom stereocenters. The molecule has 2 heterocycles. The van der Waals surface area contributed by atoms with Crippen LogP contribution in [0, 0.1) is 6.92 Å². The highest BCUT2D eigenvalue weighted by atomic mass is 79.9. The molecule has 0 radical (unpaired) electrons. The summed E-state index contributed by atoms with van der Waals surface area (Å²) in [5, 5.41) is 3.13. The zero-order valence-corrected chi connectivity index (χ0v) is 11.9. The van der Waals surface area contributed by atoms with Crippen LogP contribution in [-0.2, 0) is 6.54 Å². The van der Waals surface area contributed by atoms with Crippen LogP contribution in [0.2, 0.25) is 0 Å². The van der Waals surface area contributed by atoms with E-state index in [1.807, 2.05) is 12.1 Å². The number of para-hydroxylation sites is 1. The van der Waals surface area contributed by atoms with E-state index in [1.54, 1.807) is 12.4 Å². The maximum Gasteiger partial charge on any atom is 0.223 e. The van der Waals surface area contributed by atoms with Crippen LogP contribution in [0.5, 0.6) is 0 Å². The summed E-state index contributed by atoms with van der Waals surface area (Å²) < 4.78 is 0.859. The van der Waals surface area contributed by atoms with Crippen LogP contribution in [0.25, 0.3) is 11.0 Å². The van der Waals surface area contributed by atoms with Crippen LogP contribution in [-0.4, -0.2) is 19.9 Å². The monoisotopic (exact) mass is 317 g/mol. The van der Waals surface area contributed by atoms with Gasteiger partial charge in [0.15, 0.2) is 0 Å². The maximum absolute atomic E-state index is 4.56. The highest BCUT2D eigenvalue weighted by Crippen LogP contribution is 2.16. The van der Waals surface area contributed by atoms with Gasteiger partial charge in [-0.2, -0.15) is 0 Å². The Hall–Kier alpha value is -1.95. The third kappa shape index (κ3) is 2.58. The molecule has 96 valence electrons. The Morgan fingerprint density at radius 2 is 2.05 bits per heavy atom. The Kier molecular flexibility index (Phi) is 3.16. The van der Waals surface area contributed by atoms with Crippen molar-refractivity contribution in [2.24, 2.45) is 0 Å². The first-order valence-corrected chi connectivity index (χ1v) is 6.67. The normalized spacial score (nSPS) is 10.8. The molecule has 0 fully saturated rings. The molecule has 6 heteroatoms. The number of halogens is 1. The molecule has 5 nitrogen and oxygen atoms in total. The van der Waals surface area contributed by atoms with Crippen molar-refractivity contribution < 1.29 is 0 Å². The second-order valence-corrected chi connectivity index (χ2v) is 5.15. The topological polar surface area (TPSA) is 66.5 Å². The number of aromatic nitrogens is 4. The molecule has 0 aliphatic carbocycles. The van der Waals surface area contributed by atoms with Gasteiger partial charge in [0, 0.05) is 12.4 Å². The van der Waals surface area contributed by atoms with Gasteiger partial charge in [0.1, 0.15) is 5.82 Å². The lowest BCUT2D eigenvalue weighted by Gasteiger charge is -2.01. The smallest absolute Gasteiger partial charge is 0.223 e. The zero-order valence-electron chi connectivity index (χ0n) is 10.3. The molecule has 0 amide bonds. The maximum atomic E-state index is 4.56. The van der Waals surface area contributed by atoms with E-state index in [-0.39, 0.29) is 0 Å². The Morgan fingerprint density at radius 3 is 2.79 bits per heavy atom. The van der Waals surface area contributed by atoms with Gasteiger partial charge < -0.3 is 10.3 Å². The Morgan fingerprint density at radius 1 is 1.26 bits per heavy atom. The van der Waals surface area contributed by atoms with Crippen molar-refractivity contribution >= 4 is 32.9 Å². The molecule has 0 atom stereocenters. The van der Waals surface area contributed by atoms with Gasteiger partial charge in [0.2, 0.25) is 5.95 Å². The van der Waals surface area contributed by atoms with Crippen LogP contribution < -0.4 is 5.32 Å². The average molecular weight is 318 g/mol. The summed E-state index contributed by atoms with van der Waals surface area (Å²) in [4.78, 5) is 16.1. The van der Waals surface area contributed by atoms with Crippen molar-refractivity contribution in [1.29, 1.82) is 0 Å². The fraction of sp³-hybridized carbons (Fsp3) is 0.154. The molecule has 0 aliphatic rings. The van der Waals surface area contributed by atoms with Crippen LogP contribution in [0.15, 0.2) is 35.1 Å². The quantitative estimate of drug-likeness (QED) is 0.779. The number of imidazole rings is 1. The number of benzene rings is 1. The standard InChI is InChI=1S/C13H12BrN5/c1-8-3-2-4-10-12(8)19-11(18-10)7-17-13-15-5-9(14)6-16-13/h2-6H,7H2,1H3,(H,18,19)(H,15,16,17). The molecule has 19 heavy (non-hydrogen) atoms. The summed E-state index contributed by atoms with van der Waals surface area (Å²) in [6.45, 7) is 2.62. The highest BCUT2D eigenvalue weighted by Gasteiger charge is 2.05. The molecule has 0 spiro atoms. The lowest BCUT2D eigenvalue weighted by molar-refractivity contribution is 0.973. The second kappa shape index (κ2) is 4.97. The largest absolute Gasteiger partial charge is 0.347 e. The Bertz CT molecular complexity index is 705. The van der Waals surface area contributed by atoms with E-state index in [4.69, 9.17) is 0 Å². The van der Waals surface area contributed by atoms with Crippen molar-refractivity contribution in [3.05, 3.63) is 46.5 Å². The van der Waals surface area contributed by atoms with Crippen molar-refractivity contribution in [3.63, 3.8) is 0 Å². The summed E-state index contributed by atoms with van der Waals surface area (Å²) >= 11 is 3.30. The summed E-state index contributed by atoms with van der Waals surface area (Å²) in [6, 6.07) is 6.10. The third-order valence-corrected chi connectivity index (χ3v) is 3.21. The van der Waals surface area contributed by atoms with E-state index in [1.165, 1.54) is 5.56 Å². The van der Waals surface area contributed by atoms with E-state index >= 15 is 0 Å². The lowest BCUT2D eigenvalue weighted by atomic mass is 10.2. The molecule has 2 N–H and O–H groups in total. The highest BCUT2D eigenvalue weighted by molar-refractivity contribution is 9.10. The summed E-state index contributed by atoms with van der Waals surface area (Å²) in [5.74, 6) is 1.45. The minimum Gasteiger partial charge on any atom is -0.347 e. The molecule has 3 aromatic rings. The average Bonchev–Trinajstić information content (AvgIpc) is 2.83. The van der Waals surface area contributed by atoms with Crippen LogP contribution in [0.3, 0.4) is 0 Å². The van der Waals surface area contributed by atoms with E-state index in [0.29, 0.717) is 12.5 Å². The van der Waals surface area contributed by atoms with E-state index in [2.05, 4.69) is 54.2 Å². The number of fused-ring (bicyclic) bond motifs is 1. The van der Waals surface area contributed by atoms with Gasteiger partial charge in [0.05, 0.1) is 22.1 Å². The van der Waals surface area contributed by atoms with Crippen molar-refractivity contribution in [1.82, 2.24) is 19.9 Å². The van der Waals surface area contributed by atoms with Gasteiger partial charge in [-0.25, -0.2) is 15.0 Å². The summed E-state index contributed by atoms with van der Waals surface area (Å²) in [6.07, 6.45) is 3.41. The molecule has 2 aromatic heterocycles. The second-order valence-electron chi connectivity index (χ2n) is 4.23. The first kappa shape index (κ1) is 12.1. The van der Waals surface area contributed by atoms with Crippen LogP contribution >= 0.6 is 15.9 Å². The molecule has 0 saturated heterocycles. The summed E-state index contributed by atoms with van der Waals surface area (Å²) in [7, 11) is 0. The van der Waals surface area contributed by atoms with Gasteiger partial charge >= 0.3 is 0 Å². The number of aromatic amines is 1. The Labute approximate surface area is 118 Å². The number of hydrogen-bond acceptors (Lipinski definition) is 4.